The normalized spacial score (nSPS) is 23.8. The molecule has 1 saturated carbocycles. The summed E-state index contributed by atoms with van der Waals surface area (Å²) in [4.78, 5) is 0. The third-order valence-corrected chi connectivity index (χ3v) is 5.10. The Bertz CT molecular complexity index is 670. The highest BCUT2D eigenvalue weighted by atomic mass is 19.4. The monoisotopic (exact) mass is 550 g/mol. The first-order valence-corrected chi connectivity index (χ1v) is 6.91. The van der Waals surface area contributed by atoms with Crippen LogP contribution >= 0.6 is 0 Å². The van der Waals surface area contributed by atoms with Crippen LogP contribution in [0.4, 0.5) is 96.6 Å². The zero-order chi connectivity index (χ0) is 27.5. The van der Waals surface area contributed by atoms with E-state index in [9.17, 15) is 96.6 Å². The van der Waals surface area contributed by atoms with Gasteiger partial charge in [-0.1, -0.05) is 0 Å². The van der Waals surface area contributed by atoms with Crippen LogP contribution in [0, 0.1) is 16.2 Å². The average molecular weight is 550 g/mol. The van der Waals surface area contributed by atoms with E-state index < -0.39 is 65.1 Å². The first kappa shape index (κ1) is 29.5. The van der Waals surface area contributed by atoms with E-state index in [1.807, 2.05) is 0 Å². The Balaban J connectivity index is 5.02. The van der Waals surface area contributed by atoms with E-state index in [-0.39, 0.29) is 0 Å². The number of halogens is 22. The van der Waals surface area contributed by atoms with Gasteiger partial charge >= 0.3 is 43.2 Å². The summed E-state index contributed by atoms with van der Waals surface area (Å²) in [5, 5.41) is 0. The maximum atomic E-state index is 14.6. The standard InChI is InChI=1S/C11F22/c12-4(11(31,32)33)2(7(19,20)21,8(22,23)24)1(5(13,14)15,6(16,17)18)3(4,9(25,26)27)10(28,29)30. The highest BCUT2D eigenvalue weighted by molar-refractivity contribution is 5.45. The van der Waals surface area contributed by atoms with Crippen molar-refractivity contribution in [2.75, 3.05) is 0 Å². The van der Waals surface area contributed by atoms with Gasteiger partial charge in [0, 0.05) is 0 Å². The van der Waals surface area contributed by atoms with Crippen LogP contribution in [0.25, 0.3) is 0 Å². The summed E-state index contributed by atoms with van der Waals surface area (Å²) in [7, 11) is 0. The van der Waals surface area contributed by atoms with Gasteiger partial charge in [0.1, 0.15) is 0 Å². The van der Waals surface area contributed by atoms with Crippen molar-refractivity contribution in [1.82, 2.24) is 0 Å². The molecule has 0 amide bonds. The van der Waals surface area contributed by atoms with E-state index >= 15 is 0 Å². The van der Waals surface area contributed by atoms with E-state index in [0.717, 1.165) is 0 Å². The molecule has 22 heteroatoms. The van der Waals surface area contributed by atoms with E-state index in [1.165, 1.54) is 0 Å². The molecule has 0 N–H and O–H groups in total. The summed E-state index contributed by atoms with van der Waals surface area (Å²) < 4.78 is 291. The fourth-order valence-electron chi connectivity index (χ4n) is 4.41. The molecule has 33 heavy (non-hydrogen) atoms. The molecule has 0 radical (unpaired) electrons. The van der Waals surface area contributed by atoms with Crippen molar-refractivity contribution in [3.8, 4) is 0 Å². The molecule has 0 heterocycles. The van der Waals surface area contributed by atoms with Crippen LogP contribution in [0.1, 0.15) is 0 Å². The van der Waals surface area contributed by atoms with Gasteiger partial charge in [-0.3, -0.25) is 0 Å². The minimum Gasteiger partial charge on any atom is -0.231 e. The molecule has 0 aliphatic heterocycles. The van der Waals surface area contributed by atoms with Crippen LogP contribution < -0.4 is 0 Å². The van der Waals surface area contributed by atoms with Gasteiger partial charge < -0.3 is 0 Å². The molecule has 1 fully saturated rings. The second-order valence-corrected chi connectivity index (χ2v) is 6.39. The van der Waals surface area contributed by atoms with E-state index in [0.29, 0.717) is 0 Å². The van der Waals surface area contributed by atoms with Crippen molar-refractivity contribution >= 4 is 0 Å². The minimum absolute atomic E-state index is 8.93. The van der Waals surface area contributed by atoms with Crippen LogP contribution in [0.2, 0.25) is 0 Å². The molecule has 1 rings (SSSR count). The lowest BCUT2D eigenvalue weighted by atomic mass is 9.26. The topological polar surface area (TPSA) is 0 Å². The molecular formula is C11F22. The van der Waals surface area contributed by atoms with Crippen molar-refractivity contribution in [2.24, 2.45) is 16.2 Å². The quantitative estimate of drug-likeness (QED) is 0.273. The van der Waals surface area contributed by atoms with Gasteiger partial charge in [0.2, 0.25) is 16.2 Å². The molecular weight excluding hydrogens is 550 g/mol. The first-order chi connectivity index (χ1) is 13.8. The average Bonchev–Trinajstić information content (AvgIpc) is 2.33. The summed E-state index contributed by atoms with van der Waals surface area (Å²) in [5.74, 6) is 0. The number of hydrogen-bond acceptors (Lipinski definition) is 0. The highest BCUT2D eigenvalue weighted by Crippen LogP contribution is 2.96. The Morgan fingerprint density at radius 3 is 0.485 bits per heavy atom. The molecule has 0 atom stereocenters. The molecule has 0 aromatic heterocycles. The second-order valence-electron chi connectivity index (χ2n) is 6.39. The summed E-state index contributed by atoms with van der Waals surface area (Å²) in [5.41, 5.74) is -37.7. The summed E-state index contributed by atoms with van der Waals surface area (Å²) in [6.07, 6.45) is -63.4. The smallest absolute Gasteiger partial charge is 0.231 e. The molecule has 198 valence electrons. The van der Waals surface area contributed by atoms with Gasteiger partial charge in [-0.25, -0.2) is 4.39 Å². The number of rotatable bonds is 0. The van der Waals surface area contributed by atoms with Crippen molar-refractivity contribution in [1.29, 1.82) is 0 Å². The lowest BCUT2D eigenvalue weighted by Crippen LogP contribution is -3.02. The van der Waals surface area contributed by atoms with E-state index in [4.69, 9.17) is 0 Å². The summed E-state index contributed by atoms with van der Waals surface area (Å²) >= 11 is 0. The minimum atomic E-state index is -9.54. The molecule has 0 aromatic carbocycles. The molecule has 0 nitrogen and oxygen atoms in total. The van der Waals surface area contributed by atoms with Crippen LogP contribution in [-0.2, 0) is 0 Å². The maximum Gasteiger partial charge on any atom is 0.425 e. The molecule has 1 aliphatic rings. The van der Waals surface area contributed by atoms with Crippen LogP contribution in [0.15, 0.2) is 0 Å². The maximum absolute atomic E-state index is 14.6. The third-order valence-electron chi connectivity index (χ3n) is 5.10. The second kappa shape index (κ2) is 6.36. The molecule has 0 saturated heterocycles. The third kappa shape index (κ3) is 2.60. The van der Waals surface area contributed by atoms with E-state index in [1.54, 1.807) is 0 Å². The lowest BCUT2D eigenvalue weighted by Gasteiger charge is -2.75. The Morgan fingerprint density at radius 2 is 0.394 bits per heavy atom. The molecule has 1 aliphatic carbocycles. The zero-order valence-corrected chi connectivity index (χ0v) is 13.8. The van der Waals surface area contributed by atoms with Gasteiger partial charge in [-0.2, -0.15) is 92.2 Å². The fraction of sp³-hybridized carbons (Fsp3) is 1.00. The van der Waals surface area contributed by atoms with Gasteiger partial charge in [-0.05, 0) is 0 Å². The molecule has 0 unspecified atom stereocenters. The van der Waals surface area contributed by atoms with Gasteiger partial charge in [0.05, 0.1) is 0 Å². The Hall–Kier alpha value is -1.54. The predicted molar refractivity (Wildman–Crippen MR) is 53.5 cm³/mol. The van der Waals surface area contributed by atoms with Crippen LogP contribution in [0.3, 0.4) is 0 Å². The number of alkyl halides is 22. The molecule has 0 spiro atoms. The first-order valence-electron chi connectivity index (χ1n) is 6.91. The Kier molecular flexibility index (Phi) is 5.69. The number of hydrogen-bond donors (Lipinski definition) is 0. The SMILES string of the molecule is FC(F)(F)C1(F)C(C(F)(F)F)(C(F)(F)F)C(C(F)(F)F)(C(F)(F)F)C1(C(F)(F)F)C(F)(F)F. The largest absolute Gasteiger partial charge is 0.425 e. The van der Waals surface area contributed by atoms with Gasteiger partial charge in [0.15, 0.2) is 0 Å². The van der Waals surface area contributed by atoms with Crippen LogP contribution in [-0.4, -0.2) is 48.9 Å². The summed E-state index contributed by atoms with van der Waals surface area (Å²) in [6, 6.07) is 0. The predicted octanol–water partition coefficient (Wildman–Crippen LogP) is 7.60. The Morgan fingerprint density at radius 1 is 0.242 bits per heavy atom. The highest BCUT2D eigenvalue weighted by Gasteiger charge is 3.23. The van der Waals surface area contributed by atoms with Gasteiger partial charge in [-0.15, -0.1) is 0 Å². The van der Waals surface area contributed by atoms with Gasteiger partial charge in [0.25, 0.3) is 5.67 Å². The molecule has 0 aromatic rings. The summed E-state index contributed by atoms with van der Waals surface area (Å²) in [6.45, 7) is 0. The van der Waals surface area contributed by atoms with Crippen molar-refractivity contribution in [2.45, 2.75) is 48.9 Å². The van der Waals surface area contributed by atoms with Crippen molar-refractivity contribution in [3.05, 3.63) is 0 Å². The molecule has 0 bridgehead atoms. The Labute approximate surface area is 163 Å². The fourth-order valence-corrected chi connectivity index (χ4v) is 4.41. The van der Waals surface area contributed by atoms with E-state index in [2.05, 4.69) is 0 Å². The lowest BCUT2D eigenvalue weighted by molar-refractivity contribution is -0.664. The van der Waals surface area contributed by atoms with Crippen LogP contribution in [0.5, 0.6) is 0 Å². The zero-order valence-electron chi connectivity index (χ0n) is 13.8. The van der Waals surface area contributed by atoms with Crippen molar-refractivity contribution in [3.63, 3.8) is 0 Å². The van der Waals surface area contributed by atoms with Crippen molar-refractivity contribution < 1.29 is 96.6 Å².